The van der Waals surface area contributed by atoms with Crippen molar-refractivity contribution in [3.05, 3.63) is 53.6 Å². The van der Waals surface area contributed by atoms with Crippen LogP contribution in [0.3, 0.4) is 0 Å². The fourth-order valence-electron chi connectivity index (χ4n) is 4.33. The average Bonchev–Trinajstić information content (AvgIpc) is 3.34. The maximum absolute atomic E-state index is 13.0. The zero-order valence-electron chi connectivity index (χ0n) is 16.4. The molecule has 1 fully saturated rings. The van der Waals surface area contributed by atoms with E-state index in [1.165, 1.54) is 11.7 Å². The molecule has 1 saturated heterocycles. The van der Waals surface area contributed by atoms with Crippen LogP contribution in [-0.4, -0.2) is 44.2 Å². The molecular formula is C20H21F3N6O. The SMILES string of the molecule is Cn1nc(C(F)(F)F)nc1N1CCC2(CC1)OCCc1cn(-c3ccccc3)nc12. The van der Waals surface area contributed by atoms with E-state index in [1.54, 1.807) is 0 Å². The van der Waals surface area contributed by atoms with Gasteiger partial charge < -0.3 is 9.64 Å². The lowest BCUT2D eigenvalue weighted by molar-refractivity contribution is -0.144. The third kappa shape index (κ3) is 3.15. The second-order valence-electron chi connectivity index (χ2n) is 7.72. The Morgan fingerprint density at radius 2 is 1.80 bits per heavy atom. The topological polar surface area (TPSA) is 61.0 Å². The van der Waals surface area contributed by atoms with Crippen molar-refractivity contribution in [2.45, 2.75) is 31.0 Å². The third-order valence-corrected chi connectivity index (χ3v) is 5.84. The number of anilines is 1. The number of ether oxygens (including phenoxy) is 1. The van der Waals surface area contributed by atoms with E-state index < -0.39 is 17.6 Å². The maximum Gasteiger partial charge on any atom is 0.453 e. The number of alkyl halides is 3. The van der Waals surface area contributed by atoms with Gasteiger partial charge in [-0.25, -0.2) is 9.36 Å². The first kappa shape index (κ1) is 19.1. The summed E-state index contributed by atoms with van der Waals surface area (Å²) in [5.74, 6) is -0.888. The van der Waals surface area contributed by atoms with Crippen molar-refractivity contribution in [2.24, 2.45) is 7.05 Å². The standard InChI is InChI=1S/C20H21F3N6O/c1-27-18(24-17(26-27)20(21,22)23)28-10-8-19(9-11-28)16-14(7-12-30-19)13-29(25-16)15-5-3-2-4-6-15/h2-6,13H,7-12H2,1H3. The molecule has 0 N–H and O–H groups in total. The van der Waals surface area contributed by atoms with Gasteiger partial charge in [-0.2, -0.15) is 23.3 Å². The van der Waals surface area contributed by atoms with E-state index in [0.29, 0.717) is 32.5 Å². The predicted molar refractivity (Wildman–Crippen MR) is 102 cm³/mol. The summed E-state index contributed by atoms with van der Waals surface area (Å²) in [4.78, 5) is 5.55. The Bertz CT molecular complexity index is 1050. The highest BCUT2D eigenvalue weighted by Gasteiger charge is 2.44. The summed E-state index contributed by atoms with van der Waals surface area (Å²) >= 11 is 0. The first-order valence-corrected chi connectivity index (χ1v) is 9.87. The first-order chi connectivity index (χ1) is 14.4. The van der Waals surface area contributed by atoms with Crippen LogP contribution >= 0.6 is 0 Å². The quantitative estimate of drug-likeness (QED) is 0.640. The minimum absolute atomic E-state index is 0.225. The van der Waals surface area contributed by atoms with E-state index in [4.69, 9.17) is 9.84 Å². The first-order valence-electron chi connectivity index (χ1n) is 9.87. The Hall–Kier alpha value is -2.88. The van der Waals surface area contributed by atoms with Crippen molar-refractivity contribution in [1.82, 2.24) is 24.5 Å². The molecule has 0 radical (unpaired) electrons. The number of benzene rings is 1. The van der Waals surface area contributed by atoms with Gasteiger partial charge in [-0.1, -0.05) is 18.2 Å². The van der Waals surface area contributed by atoms with Crippen molar-refractivity contribution in [1.29, 1.82) is 0 Å². The smallest absolute Gasteiger partial charge is 0.368 e. The van der Waals surface area contributed by atoms with Crippen LogP contribution in [0.15, 0.2) is 36.5 Å². The van der Waals surface area contributed by atoms with E-state index in [2.05, 4.69) is 16.3 Å². The Morgan fingerprint density at radius 1 is 1.07 bits per heavy atom. The molecule has 0 bridgehead atoms. The Morgan fingerprint density at radius 3 is 2.47 bits per heavy atom. The molecule has 3 aromatic rings. The molecule has 158 valence electrons. The van der Waals surface area contributed by atoms with Crippen LogP contribution in [0, 0.1) is 0 Å². The summed E-state index contributed by atoms with van der Waals surface area (Å²) in [6.07, 6.45) is -0.454. The van der Waals surface area contributed by atoms with E-state index in [1.807, 2.05) is 39.9 Å². The molecule has 0 aliphatic carbocycles. The number of nitrogens with zero attached hydrogens (tertiary/aromatic N) is 6. The van der Waals surface area contributed by atoms with Gasteiger partial charge in [0.15, 0.2) is 0 Å². The fourth-order valence-corrected chi connectivity index (χ4v) is 4.33. The van der Waals surface area contributed by atoms with Crippen molar-refractivity contribution in [2.75, 3.05) is 24.6 Å². The van der Waals surface area contributed by atoms with Crippen LogP contribution < -0.4 is 4.90 Å². The number of aromatic nitrogens is 5. The Balaban J connectivity index is 1.39. The fraction of sp³-hybridized carbons (Fsp3) is 0.450. The number of halogens is 3. The second-order valence-corrected chi connectivity index (χ2v) is 7.72. The van der Waals surface area contributed by atoms with Gasteiger partial charge in [0.05, 0.1) is 18.0 Å². The van der Waals surface area contributed by atoms with Crippen molar-refractivity contribution >= 4 is 5.95 Å². The lowest BCUT2D eigenvalue weighted by Gasteiger charge is -2.43. The van der Waals surface area contributed by atoms with Crippen molar-refractivity contribution in [3.8, 4) is 5.69 Å². The summed E-state index contributed by atoms with van der Waals surface area (Å²) in [7, 11) is 1.48. The third-order valence-electron chi connectivity index (χ3n) is 5.84. The van der Waals surface area contributed by atoms with Gasteiger partial charge in [0.25, 0.3) is 5.82 Å². The van der Waals surface area contributed by atoms with Gasteiger partial charge in [-0.3, -0.25) is 0 Å². The van der Waals surface area contributed by atoms with Crippen LogP contribution in [0.4, 0.5) is 19.1 Å². The number of piperidine rings is 1. The van der Waals surface area contributed by atoms with Crippen LogP contribution in [0.1, 0.15) is 29.9 Å². The zero-order valence-corrected chi connectivity index (χ0v) is 16.4. The molecule has 0 unspecified atom stereocenters. The summed E-state index contributed by atoms with van der Waals surface area (Å²) in [5, 5.41) is 8.37. The molecule has 10 heteroatoms. The molecule has 0 saturated carbocycles. The molecule has 0 atom stereocenters. The summed E-state index contributed by atoms with van der Waals surface area (Å²) in [5.41, 5.74) is 2.57. The number of hydrogen-bond donors (Lipinski definition) is 0. The number of aryl methyl sites for hydroxylation is 1. The van der Waals surface area contributed by atoms with Gasteiger partial charge in [0.1, 0.15) is 5.60 Å². The predicted octanol–water partition coefficient (Wildman–Crippen LogP) is 3.09. The van der Waals surface area contributed by atoms with Crippen LogP contribution in [0.2, 0.25) is 0 Å². The number of para-hydroxylation sites is 1. The van der Waals surface area contributed by atoms with Crippen LogP contribution in [0.25, 0.3) is 5.69 Å². The van der Waals surface area contributed by atoms with Crippen molar-refractivity contribution in [3.63, 3.8) is 0 Å². The molecule has 7 nitrogen and oxygen atoms in total. The van der Waals surface area contributed by atoms with Crippen LogP contribution in [-0.2, 0) is 30.0 Å². The summed E-state index contributed by atoms with van der Waals surface area (Å²) in [6.45, 7) is 1.64. The number of fused-ring (bicyclic) bond motifs is 2. The highest BCUT2D eigenvalue weighted by molar-refractivity contribution is 5.38. The van der Waals surface area contributed by atoms with E-state index in [9.17, 15) is 13.2 Å². The van der Waals surface area contributed by atoms with E-state index in [0.717, 1.165) is 23.4 Å². The molecule has 4 heterocycles. The molecular weight excluding hydrogens is 397 g/mol. The molecule has 2 aliphatic heterocycles. The molecule has 5 rings (SSSR count). The zero-order chi connectivity index (χ0) is 20.9. The molecule has 2 aromatic heterocycles. The van der Waals surface area contributed by atoms with E-state index >= 15 is 0 Å². The minimum atomic E-state index is -4.56. The maximum atomic E-state index is 13.0. The normalized spacial score (nSPS) is 18.6. The number of hydrogen-bond acceptors (Lipinski definition) is 5. The van der Waals surface area contributed by atoms with Gasteiger partial charge in [-0.05, 0) is 37.0 Å². The highest BCUT2D eigenvalue weighted by Crippen LogP contribution is 2.41. The Kier molecular flexibility index (Phi) is 4.35. The molecule has 1 spiro atoms. The van der Waals surface area contributed by atoms with Gasteiger partial charge in [-0.15, -0.1) is 5.10 Å². The van der Waals surface area contributed by atoms with Gasteiger partial charge in [0, 0.05) is 26.3 Å². The monoisotopic (exact) mass is 418 g/mol. The minimum Gasteiger partial charge on any atom is -0.368 e. The lowest BCUT2D eigenvalue weighted by atomic mass is 9.84. The summed E-state index contributed by atoms with van der Waals surface area (Å²) < 4.78 is 48.2. The van der Waals surface area contributed by atoms with E-state index in [-0.39, 0.29) is 5.95 Å². The summed E-state index contributed by atoms with van der Waals surface area (Å²) in [6, 6.07) is 9.90. The van der Waals surface area contributed by atoms with Gasteiger partial charge in [0.2, 0.25) is 5.95 Å². The molecule has 0 amide bonds. The van der Waals surface area contributed by atoms with Crippen LogP contribution in [0.5, 0.6) is 0 Å². The molecule has 2 aliphatic rings. The van der Waals surface area contributed by atoms with Crippen molar-refractivity contribution < 1.29 is 17.9 Å². The lowest BCUT2D eigenvalue weighted by Crippen LogP contribution is -2.47. The molecule has 30 heavy (non-hydrogen) atoms. The number of rotatable bonds is 2. The largest absolute Gasteiger partial charge is 0.453 e. The second kappa shape index (κ2) is 6.83. The van der Waals surface area contributed by atoms with Gasteiger partial charge >= 0.3 is 6.18 Å². The Labute approximate surface area is 171 Å². The molecule has 1 aromatic carbocycles. The average molecular weight is 418 g/mol. The highest BCUT2D eigenvalue weighted by atomic mass is 19.4.